The molecule has 2 heterocycles. The van der Waals surface area contributed by atoms with Crippen LogP contribution in [0, 0.1) is 18.8 Å². The summed E-state index contributed by atoms with van der Waals surface area (Å²) >= 11 is 0. The SMILES string of the molecule is Cc1cc(C(=O)N2CCC(C(=O)O)C(C)C2)c2[nH]ncc2c1. The Hall–Kier alpha value is -2.37. The monoisotopic (exact) mass is 301 g/mol. The maximum atomic E-state index is 12.8. The van der Waals surface area contributed by atoms with Crippen LogP contribution in [-0.4, -0.2) is 45.2 Å². The molecule has 22 heavy (non-hydrogen) atoms. The van der Waals surface area contributed by atoms with E-state index in [-0.39, 0.29) is 17.7 Å². The first-order valence-corrected chi connectivity index (χ1v) is 7.43. The zero-order valence-electron chi connectivity index (χ0n) is 12.7. The van der Waals surface area contributed by atoms with Gasteiger partial charge in [0.25, 0.3) is 5.91 Å². The van der Waals surface area contributed by atoms with Gasteiger partial charge in [0, 0.05) is 18.5 Å². The smallest absolute Gasteiger partial charge is 0.306 e. The number of hydrogen-bond acceptors (Lipinski definition) is 3. The molecule has 1 aliphatic heterocycles. The molecular formula is C16H19N3O3. The lowest BCUT2D eigenvalue weighted by atomic mass is 9.86. The molecule has 1 aromatic heterocycles. The van der Waals surface area contributed by atoms with E-state index in [1.165, 1.54) is 0 Å². The van der Waals surface area contributed by atoms with Crippen molar-refractivity contribution in [3.63, 3.8) is 0 Å². The Bertz CT molecular complexity index is 737. The Kier molecular flexibility index (Phi) is 3.60. The Balaban J connectivity index is 1.88. The third kappa shape index (κ3) is 2.45. The topological polar surface area (TPSA) is 86.3 Å². The van der Waals surface area contributed by atoms with E-state index < -0.39 is 5.97 Å². The first-order valence-electron chi connectivity index (χ1n) is 7.43. The lowest BCUT2D eigenvalue weighted by Crippen LogP contribution is -2.45. The molecule has 1 aliphatic rings. The van der Waals surface area contributed by atoms with Gasteiger partial charge in [-0.1, -0.05) is 6.92 Å². The van der Waals surface area contributed by atoms with Crippen LogP contribution >= 0.6 is 0 Å². The van der Waals surface area contributed by atoms with E-state index in [9.17, 15) is 14.7 Å². The number of benzene rings is 1. The van der Waals surface area contributed by atoms with Crippen LogP contribution in [-0.2, 0) is 4.79 Å². The fraction of sp³-hybridized carbons (Fsp3) is 0.438. The summed E-state index contributed by atoms with van der Waals surface area (Å²) in [5, 5.41) is 17.0. The summed E-state index contributed by atoms with van der Waals surface area (Å²) in [4.78, 5) is 25.7. The van der Waals surface area contributed by atoms with E-state index in [0.717, 1.165) is 16.5 Å². The van der Waals surface area contributed by atoms with Crippen molar-refractivity contribution in [2.75, 3.05) is 13.1 Å². The number of aliphatic carboxylic acids is 1. The van der Waals surface area contributed by atoms with Gasteiger partial charge in [0.15, 0.2) is 0 Å². The number of aromatic nitrogens is 2. The third-order valence-corrected chi connectivity index (χ3v) is 4.43. The number of carboxylic acid groups (broad SMARTS) is 1. The summed E-state index contributed by atoms with van der Waals surface area (Å²) in [7, 11) is 0. The molecule has 116 valence electrons. The fourth-order valence-electron chi connectivity index (χ4n) is 3.24. The molecule has 1 fully saturated rings. The van der Waals surface area contributed by atoms with Crippen molar-refractivity contribution in [2.24, 2.45) is 11.8 Å². The average Bonchev–Trinajstić information content (AvgIpc) is 2.93. The van der Waals surface area contributed by atoms with Gasteiger partial charge in [-0.3, -0.25) is 14.7 Å². The molecule has 0 bridgehead atoms. The number of H-pyrrole nitrogens is 1. The van der Waals surface area contributed by atoms with E-state index in [1.54, 1.807) is 11.1 Å². The van der Waals surface area contributed by atoms with Crippen LogP contribution < -0.4 is 0 Å². The lowest BCUT2D eigenvalue weighted by Gasteiger charge is -2.35. The van der Waals surface area contributed by atoms with Crippen LogP contribution in [0.15, 0.2) is 18.3 Å². The van der Waals surface area contributed by atoms with E-state index in [4.69, 9.17) is 0 Å². The van der Waals surface area contributed by atoms with Crippen LogP contribution in [0.3, 0.4) is 0 Å². The first-order chi connectivity index (χ1) is 10.5. The number of aromatic amines is 1. The summed E-state index contributed by atoms with van der Waals surface area (Å²) in [5.41, 5.74) is 2.35. The standard InChI is InChI=1S/C16H19N3O3/c1-9-5-11-7-17-18-14(11)13(6-9)15(20)19-4-3-12(16(21)22)10(2)8-19/h5-7,10,12H,3-4,8H2,1-2H3,(H,17,18)(H,21,22). The molecule has 1 amide bonds. The number of nitrogens with zero attached hydrogens (tertiary/aromatic N) is 2. The first kappa shape index (κ1) is 14.6. The van der Waals surface area contributed by atoms with Crippen molar-refractivity contribution in [3.8, 4) is 0 Å². The third-order valence-electron chi connectivity index (χ3n) is 4.43. The minimum Gasteiger partial charge on any atom is -0.481 e. The molecule has 6 nitrogen and oxygen atoms in total. The number of hydrogen-bond donors (Lipinski definition) is 2. The van der Waals surface area contributed by atoms with E-state index in [2.05, 4.69) is 10.2 Å². The maximum Gasteiger partial charge on any atom is 0.306 e. The Labute approximate surface area is 128 Å². The quantitative estimate of drug-likeness (QED) is 0.889. The molecule has 2 aromatic rings. The molecule has 3 rings (SSSR count). The number of likely N-dealkylation sites (tertiary alicyclic amines) is 1. The minimum atomic E-state index is -0.772. The second-order valence-electron chi connectivity index (χ2n) is 6.11. The number of amides is 1. The predicted octanol–water partition coefficient (Wildman–Crippen LogP) is 2.05. The molecule has 1 aromatic carbocycles. The molecule has 2 N–H and O–H groups in total. The van der Waals surface area contributed by atoms with E-state index in [1.807, 2.05) is 26.0 Å². The van der Waals surface area contributed by atoms with Gasteiger partial charge in [-0.2, -0.15) is 5.10 Å². The summed E-state index contributed by atoms with van der Waals surface area (Å²) in [6, 6.07) is 3.84. The highest BCUT2D eigenvalue weighted by Crippen LogP contribution is 2.26. The van der Waals surface area contributed by atoms with Crippen molar-refractivity contribution in [1.82, 2.24) is 15.1 Å². The van der Waals surface area contributed by atoms with Gasteiger partial charge in [-0.25, -0.2) is 0 Å². The van der Waals surface area contributed by atoms with Gasteiger partial charge in [-0.05, 0) is 37.0 Å². The molecule has 2 unspecified atom stereocenters. The van der Waals surface area contributed by atoms with Crippen LogP contribution in [0.2, 0.25) is 0 Å². The average molecular weight is 301 g/mol. The lowest BCUT2D eigenvalue weighted by molar-refractivity contribution is -0.145. The van der Waals surface area contributed by atoms with Gasteiger partial charge in [0.2, 0.25) is 0 Å². The summed E-state index contributed by atoms with van der Waals surface area (Å²) in [6.45, 7) is 4.78. The number of rotatable bonds is 2. The number of nitrogens with one attached hydrogen (secondary N) is 1. The Morgan fingerprint density at radius 1 is 1.41 bits per heavy atom. The highest BCUT2D eigenvalue weighted by molar-refractivity contribution is 6.05. The van der Waals surface area contributed by atoms with Crippen molar-refractivity contribution >= 4 is 22.8 Å². The number of piperidine rings is 1. The summed E-state index contributed by atoms with van der Waals surface area (Å²) in [5.74, 6) is -1.24. The molecule has 0 radical (unpaired) electrons. The van der Waals surface area contributed by atoms with Gasteiger partial charge in [-0.15, -0.1) is 0 Å². The minimum absolute atomic E-state index is 0.0442. The zero-order chi connectivity index (χ0) is 15.9. The van der Waals surface area contributed by atoms with Gasteiger partial charge in [0.05, 0.1) is 23.2 Å². The highest BCUT2D eigenvalue weighted by atomic mass is 16.4. The van der Waals surface area contributed by atoms with Crippen LogP contribution in [0.4, 0.5) is 0 Å². The zero-order valence-corrected chi connectivity index (χ0v) is 12.7. The Morgan fingerprint density at radius 2 is 2.18 bits per heavy atom. The van der Waals surface area contributed by atoms with Gasteiger partial charge >= 0.3 is 5.97 Å². The van der Waals surface area contributed by atoms with Crippen LogP contribution in [0.5, 0.6) is 0 Å². The van der Waals surface area contributed by atoms with Crippen LogP contribution in [0.25, 0.3) is 10.9 Å². The summed E-state index contributed by atoms with van der Waals surface area (Å²) < 4.78 is 0. The van der Waals surface area contributed by atoms with Crippen LogP contribution in [0.1, 0.15) is 29.3 Å². The number of carbonyl (C=O) groups excluding carboxylic acids is 1. The highest BCUT2D eigenvalue weighted by Gasteiger charge is 2.33. The molecule has 0 saturated carbocycles. The van der Waals surface area contributed by atoms with E-state index >= 15 is 0 Å². The number of carboxylic acids is 1. The number of fused-ring (bicyclic) bond motifs is 1. The normalized spacial score (nSPS) is 22.0. The molecule has 0 spiro atoms. The van der Waals surface area contributed by atoms with Gasteiger partial charge < -0.3 is 10.0 Å². The molecule has 1 saturated heterocycles. The number of carbonyl (C=O) groups is 2. The van der Waals surface area contributed by atoms with Crippen molar-refractivity contribution in [2.45, 2.75) is 20.3 Å². The Morgan fingerprint density at radius 3 is 2.86 bits per heavy atom. The molecule has 2 atom stereocenters. The molecule has 0 aliphatic carbocycles. The predicted molar refractivity (Wildman–Crippen MR) is 81.6 cm³/mol. The molecule has 6 heteroatoms. The largest absolute Gasteiger partial charge is 0.481 e. The fourth-order valence-corrected chi connectivity index (χ4v) is 3.24. The summed E-state index contributed by atoms with van der Waals surface area (Å²) in [6.07, 6.45) is 2.21. The van der Waals surface area contributed by atoms with E-state index in [0.29, 0.717) is 25.1 Å². The maximum absolute atomic E-state index is 12.8. The van der Waals surface area contributed by atoms with Crippen molar-refractivity contribution in [3.05, 3.63) is 29.5 Å². The second-order valence-corrected chi connectivity index (χ2v) is 6.11. The van der Waals surface area contributed by atoms with Gasteiger partial charge in [0.1, 0.15) is 0 Å². The van der Waals surface area contributed by atoms with Crippen molar-refractivity contribution in [1.29, 1.82) is 0 Å². The number of aryl methyl sites for hydroxylation is 1. The van der Waals surface area contributed by atoms with Crippen molar-refractivity contribution < 1.29 is 14.7 Å². The second kappa shape index (κ2) is 5.44. The molecular weight excluding hydrogens is 282 g/mol.